The van der Waals surface area contributed by atoms with Crippen LogP contribution in [-0.4, -0.2) is 60.0 Å². The Morgan fingerprint density at radius 1 is 0.929 bits per heavy atom. The molecule has 3 heterocycles. The van der Waals surface area contributed by atoms with Crippen LogP contribution < -0.4 is 0 Å². The Hall–Kier alpha value is -2.00. The number of aliphatic hydroxyl groups excluding tert-OH is 1. The first-order valence-corrected chi connectivity index (χ1v) is 16.3. The lowest BCUT2D eigenvalue weighted by molar-refractivity contribution is -0.163. The molecule has 12 unspecified atom stereocenters. The first kappa shape index (κ1) is 31.4. The van der Waals surface area contributed by atoms with E-state index in [-0.39, 0.29) is 60.3 Å². The van der Waals surface area contributed by atoms with E-state index in [2.05, 4.69) is 6.92 Å². The van der Waals surface area contributed by atoms with Crippen molar-refractivity contribution in [3.05, 3.63) is 0 Å². The van der Waals surface area contributed by atoms with Crippen molar-refractivity contribution in [2.75, 3.05) is 13.2 Å². The molecule has 0 aromatic carbocycles. The number of cyclic esters (lactones) is 2. The number of carbonyl (C=O) groups is 4. The first-order chi connectivity index (χ1) is 19.9. The van der Waals surface area contributed by atoms with Gasteiger partial charge in [0.2, 0.25) is 0 Å². The summed E-state index contributed by atoms with van der Waals surface area (Å²) in [5.41, 5.74) is -0.558. The Morgan fingerprint density at radius 3 is 2.31 bits per heavy atom. The summed E-state index contributed by atoms with van der Waals surface area (Å²) in [6.45, 7) is 10.0. The molecule has 0 aromatic rings. The van der Waals surface area contributed by atoms with Gasteiger partial charge in [0.1, 0.15) is 5.60 Å². The zero-order chi connectivity index (χ0) is 30.3. The van der Waals surface area contributed by atoms with Gasteiger partial charge in [-0.25, -0.2) is 0 Å². The Kier molecular flexibility index (Phi) is 9.39. The zero-order valence-electron chi connectivity index (χ0n) is 25.9. The van der Waals surface area contributed by atoms with Crippen LogP contribution in [0.25, 0.3) is 0 Å². The van der Waals surface area contributed by atoms with Gasteiger partial charge in [-0.2, -0.15) is 0 Å². The lowest BCUT2D eigenvalue weighted by Crippen LogP contribution is -2.40. The lowest BCUT2D eigenvalue weighted by atomic mass is 9.65. The summed E-state index contributed by atoms with van der Waals surface area (Å²) in [5.74, 6) is -0.939. The molecule has 5 rings (SSSR count). The van der Waals surface area contributed by atoms with E-state index in [4.69, 9.17) is 24.1 Å². The van der Waals surface area contributed by atoms with Crippen molar-refractivity contribution in [2.24, 2.45) is 59.2 Å². The molecule has 1 N–H and O–H groups in total. The van der Waals surface area contributed by atoms with Crippen LogP contribution in [0.15, 0.2) is 0 Å². The minimum Gasteiger partial charge on any atom is -0.465 e. The average Bonchev–Trinajstić information content (AvgIpc) is 3.73. The van der Waals surface area contributed by atoms with Crippen LogP contribution in [0, 0.1) is 59.2 Å². The quantitative estimate of drug-likeness (QED) is 0.152. The average molecular weight is 591 g/mol. The number of ether oxygens (including phenoxy) is 4. The second-order valence-corrected chi connectivity index (χ2v) is 14.6. The summed E-state index contributed by atoms with van der Waals surface area (Å²) in [6, 6.07) is 0. The Balaban J connectivity index is 1.28. The molecule has 4 bridgehead atoms. The third kappa shape index (κ3) is 6.15. The summed E-state index contributed by atoms with van der Waals surface area (Å²) in [5, 5.41) is 9.01. The van der Waals surface area contributed by atoms with Gasteiger partial charge in [-0.1, -0.05) is 20.3 Å². The van der Waals surface area contributed by atoms with E-state index < -0.39 is 29.4 Å². The molecule has 42 heavy (non-hydrogen) atoms. The number of rotatable bonds is 12. The highest BCUT2D eigenvalue weighted by Crippen LogP contribution is 2.60. The standard InChI is InChI=1S/C33H50O9/c1-6-19-21(28-26(16-27(19)40-28)30(36)39-12-8-7-11-34)10-9-20-18-13-23(25(14-18)32(38)42-33(3,4)5)24(20)15-22-17(2)29(35)41-31(22)37/h17-28,34H,6-16H2,1-5H3. The first-order valence-electron chi connectivity index (χ1n) is 16.3. The van der Waals surface area contributed by atoms with E-state index in [1.807, 2.05) is 20.8 Å². The third-order valence-corrected chi connectivity index (χ3v) is 11.1. The van der Waals surface area contributed by atoms with E-state index >= 15 is 0 Å². The number of esters is 4. The summed E-state index contributed by atoms with van der Waals surface area (Å²) >= 11 is 0. The Labute approximate surface area is 249 Å². The highest BCUT2D eigenvalue weighted by Gasteiger charge is 2.59. The normalized spacial score (nSPS) is 40.5. The maximum Gasteiger partial charge on any atom is 0.317 e. The van der Waals surface area contributed by atoms with E-state index in [0.717, 1.165) is 32.1 Å². The maximum absolute atomic E-state index is 13.2. The van der Waals surface area contributed by atoms with Gasteiger partial charge in [0, 0.05) is 6.61 Å². The van der Waals surface area contributed by atoms with Gasteiger partial charge in [0.25, 0.3) is 0 Å². The van der Waals surface area contributed by atoms with Crippen LogP contribution in [0.1, 0.15) is 92.4 Å². The molecule has 0 amide bonds. The van der Waals surface area contributed by atoms with E-state index in [1.54, 1.807) is 6.92 Å². The zero-order valence-corrected chi connectivity index (χ0v) is 25.9. The van der Waals surface area contributed by atoms with Crippen molar-refractivity contribution >= 4 is 23.9 Å². The van der Waals surface area contributed by atoms with Crippen molar-refractivity contribution in [2.45, 2.75) is 110 Å². The molecule has 5 aliphatic rings. The molecule has 0 spiro atoms. The van der Waals surface area contributed by atoms with Crippen molar-refractivity contribution in [1.29, 1.82) is 0 Å². The molecule has 3 saturated heterocycles. The van der Waals surface area contributed by atoms with Gasteiger partial charge in [-0.05, 0) is 108 Å². The topological polar surface area (TPSA) is 125 Å². The molecule has 9 nitrogen and oxygen atoms in total. The second-order valence-electron chi connectivity index (χ2n) is 14.6. The molecule has 12 atom stereocenters. The highest BCUT2D eigenvalue weighted by molar-refractivity contribution is 5.96. The molecular weight excluding hydrogens is 540 g/mol. The van der Waals surface area contributed by atoms with Crippen molar-refractivity contribution in [1.82, 2.24) is 0 Å². The number of hydrogen-bond acceptors (Lipinski definition) is 9. The molecule has 236 valence electrons. The minimum atomic E-state index is -0.558. The fourth-order valence-electron chi connectivity index (χ4n) is 9.26. The predicted molar refractivity (Wildman–Crippen MR) is 151 cm³/mol. The molecule has 3 aliphatic heterocycles. The van der Waals surface area contributed by atoms with Crippen molar-refractivity contribution in [3.8, 4) is 0 Å². The van der Waals surface area contributed by atoms with E-state index in [1.165, 1.54) is 0 Å². The molecule has 2 saturated carbocycles. The van der Waals surface area contributed by atoms with Crippen molar-refractivity contribution in [3.63, 3.8) is 0 Å². The summed E-state index contributed by atoms with van der Waals surface area (Å²) < 4.78 is 22.8. The van der Waals surface area contributed by atoms with Crippen LogP contribution in [0.3, 0.4) is 0 Å². The molecule has 9 heteroatoms. The number of aliphatic hydroxyl groups is 1. The third-order valence-electron chi connectivity index (χ3n) is 11.1. The van der Waals surface area contributed by atoms with Crippen LogP contribution in [0.4, 0.5) is 0 Å². The van der Waals surface area contributed by atoms with Crippen molar-refractivity contribution < 1.29 is 43.2 Å². The summed E-state index contributed by atoms with van der Waals surface area (Å²) in [7, 11) is 0. The lowest BCUT2D eigenvalue weighted by Gasteiger charge is -2.38. The summed E-state index contributed by atoms with van der Waals surface area (Å²) in [4.78, 5) is 51.0. The van der Waals surface area contributed by atoms with Gasteiger partial charge in [0.05, 0.1) is 42.5 Å². The SMILES string of the molecule is CCC1C2CC(C(=O)OCCCCO)C(O2)C1CCC1C2CC(C(=O)OC(C)(C)C)C(C2)C1CC1C(=O)OC(=O)C1C. The van der Waals surface area contributed by atoms with Gasteiger partial charge in [-0.3, -0.25) is 19.2 Å². The minimum absolute atomic E-state index is 0.0764. The Bertz CT molecular complexity index is 1030. The van der Waals surface area contributed by atoms with Crippen LogP contribution in [-0.2, 0) is 38.1 Å². The smallest absolute Gasteiger partial charge is 0.317 e. The number of carbonyl (C=O) groups excluding carboxylic acids is 4. The molecule has 2 aliphatic carbocycles. The van der Waals surface area contributed by atoms with E-state index in [0.29, 0.717) is 50.0 Å². The molecule has 0 radical (unpaired) electrons. The van der Waals surface area contributed by atoms with Gasteiger partial charge in [-0.15, -0.1) is 0 Å². The second kappa shape index (κ2) is 12.5. The van der Waals surface area contributed by atoms with E-state index in [9.17, 15) is 19.2 Å². The van der Waals surface area contributed by atoms with Crippen LogP contribution >= 0.6 is 0 Å². The number of hydrogen-bond donors (Lipinski definition) is 1. The molecular formula is C33H50O9. The molecule has 0 aromatic heterocycles. The van der Waals surface area contributed by atoms with Gasteiger partial charge in [0.15, 0.2) is 0 Å². The largest absolute Gasteiger partial charge is 0.465 e. The highest BCUT2D eigenvalue weighted by atomic mass is 16.6. The monoisotopic (exact) mass is 590 g/mol. The van der Waals surface area contributed by atoms with Crippen LogP contribution in [0.2, 0.25) is 0 Å². The predicted octanol–water partition coefficient (Wildman–Crippen LogP) is 4.47. The fourth-order valence-corrected chi connectivity index (χ4v) is 9.26. The molecule has 5 fully saturated rings. The fraction of sp³-hybridized carbons (Fsp3) is 0.879. The Morgan fingerprint density at radius 2 is 1.67 bits per heavy atom. The number of unbranched alkanes of at least 4 members (excludes halogenated alkanes) is 1. The number of fused-ring (bicyclic) bond motifs is 4. The summed E-state index contributed by atoms with van der Waals surface area (Å²) in [6.07, 6.45) is 7.10. The van der Waals surface area contributed by atoms with Crippen LogP contribution in [0.5, 0.6) is 0 Å². The van der Waals surface area contributed by atoms with Gasteiger partial charge >= 0.3 is 23.9 Å². The maximum atomic E-state index is 13.2. The van der Waals surface area contributed by atoms with Gasteiger partial charge < -0.3 is 24.1 Å².